The van der Waals surface area contributed by atoms with Crippen LogP contribution in [0.3, 0.4) is 0 Å². The Labute approximate surface area is 242 Å². The summed E-state index contributed by atoms with van der Waals surface area (Å²) in [6, 6.07) is 12.0. The van der Waals surface area contributed by atoms with E-state index in [9.17, 15) is 18.0 Å². The standard InChI is InChI=1S/C31H36N2O7S/c1-9-16-32(21(3)18-29(34)39-7)26-14-15-27(25-13-11-10-12-24(25)26)33(19-30(35)40-8)41(36,37)31-20(2)17-28(38-6)22(4)23(31)5/h1,10-15,17,21H,16,18-19H2,2-8H3/t21-/m0/s1. The molecule has 0 saturated heterocycles. The van der Waals surface area contributed by atoms with Crippen molar-refractivity contribution in [3.05, 3.63) is 59.2 Å². The Hall–Kier alpha value is -4.23. The summed E-state index contributed by atoms with van der Waals surface area (Å²) in [5.74, 6) is 2.12. The zero-order valence-corrected chi connectivity index (χ0v) is 25.3. The van der Waals surface area contributed by atoms with E-state index in [0.717, 1.165) is 4.31 Å². The summed E-state index contributed by atoms with van der Waals surface area (Å²) in [5.41, 5.74) is 2.69. The van der Waals surface area contributed by atoms with E-state index in [1.54, 1.807) is 51.1 Å². The van der Waals surface area contributed by atoms with E-state index in [4.69, 9.17) is 20.6 Å². The number of benzene rings is 3. The lowest BCUT2D eigenvalue weighted by Crippen LogP contribution is -2.38. The van der Waals surface area contributed by atoms with E-state index in [0.29, 0.717) is 44.6 Å². The van der Waals surface area contributed by atoms with E-state index < -0.39 is 22.5 Å². The third-order valence-electron chi connectivity index (χ3n) is 7.19. The van der Waals surface area contributed by atoms with Gasteiger partial charge in [-0.15, -0.1) is 6.42 Å². The van der Waals surface area contributed by atoms with Crippen molar-refractivity contribution in [3.63, 3.8) is 0 Å². The Bertz CT molecular complexity index is 1610. The average molecular weight is 581 g/mol. The van der Waals surface area contributed by atoms with Gasteiger partial charge in [-0.25, -0.2) is 8.42 Å². The van der Waals surface area contributed by atoms with E-state index >= 15 is 0 Å². The number of aryl methyl sites for hydroxylation is 1. The number of hydrogen-bond acceptors (Lipinski definition) is 8. The molecule has 218 valence electrons. The minimum absolute atomic E-state index is 0.0912. The first-order valence-electron chi connectivity index (χ1n) is 13.0. The predicted octanol–water partition coefficient (Wildman–Crippen LogP) is 4.53. The van der Waals surface area contributed by atoms with Crippen molar-refractivity contribution in [2.45, 2.75) is 45.1 Å². The number of carbonyl (C=O) groups is 2. The summed E-state index contributed by atoms with van der Waals surface area (Å²) in [6.07, 6.45) is 5.79. The van der Waals surface area contributed by atoms with Crippen molar-refractivity contribution in [2.75, 3.05) is 43.6 Å². The van der Waals surface area contributed by atoms with Crippen molar-refractivity contribution in [2.24, 2.45) is 0 Å². The summed E-state index contributed by atoms with van der Waals surface area (Å²) in [4.78, 5) is 26.6. The molecule has 0 heterocycles. The van der Waals surface area contributed by atoms with Gasteiger partial charge in [-0.05, 0) is 62.6 Å². The molecule has 0 aliphatic rings. The van der Waals surface area contributed by atoms with E-state index in [1.165, 1.54) is 21.3 Å². The molecule has 3 aromatic rings. The zero-order chi connectivity index (χ0) is 30.5. The van der Waals surface area contributed by atoms with Crippen LogP contribution in [0.5, 0.6) is 5.75 Å². The molecule has 41 heavy (non-hydrogen) atoms. The molecule has 0 aliphatic heterocycles. The van der Waals surface area contributed by atoms with Crippen molar-refractivity contribution in [1.29, 1.82) is 0 Å². The van der Waals surface area contributed by atoms with E-state index in [-0.39, 0.29) is 29.9 Å². The number of fused-ring (bicyclic) bond motifs is 1. The SMILES string of the molecule is C#CCN(c1ccc(N(CC(=O)OC)S(=O)(=O)c2c(C)cc(OC)c(C)c2C)c2ccccc12)[C@@H](C)CC(=O)OC. The van der Waals surface area contributed by atoms with Crippen LogP contribution in [-0.2, 0) is 29.1 Å². The molecule has 3 aromatic carbocycles. The number of nitrogens with zero attached hydrogens (tertiary/aromatic N) is 2. The van der Waals surface area contributed by atoms with Gasteiger partial charge in [0.05, 0.1) is 44.9 Å². The molecule has 10 heteroatoms. The maximum absolute atomic E-state index is 14.4. The van der Waals surface area contributed by atoms with Crippen molar-refractivity contribution < 1.29 is 32.2 Å². The van der Waals surface area contributed by atoms with Crippen molar-refractivity contribution in [1.82, 2.24) is 0 Å². The van der Waals surface area contributed by atoms with Gasteiger partial charge in [0.1, 0.15) is 12.3 Å². The molecule has 0 saturated carbocycles. The second-order valence-electron chi connectivity index (χ2n) is 9.67. The van der Waals surface area contributed by atoms with Crippen LogP contribution in [-0.4, -0.2) is 60.8 Å². The van der Waals surface area contributed by atoms with Crippen LogP contribution in [0, 0.1) is 33.1 Å². The predicted molar refractivity (Wildman–Crippen MR) is 160 cm³/mol. The monoisotopic (exact) mass is 580 g/mol. The second kappa shape index (κ2) is 13.0. The quantitative estimate of drug-likeness (QED) is 0.241. The molecule has 0 bridgehead atoms. The molecule has 0 N–H and O–H groups in total. The van der Waals surface area contributed by atoms with Gasteiger partial charge in [0.15, 0.2) is 0 Å². The first-order valence-corrected chi connectivity index (χ1v) is 14.4. The van der Waals surface area contributed by atoms with Crippen LogP contribution in [0.15, 0.2) is 47.4 Å². The van der Waals surface area contributed by atoms with Gasteiger partial charge in [-0.2, -0.15) is 0 Å². The number of terminal acetylenes is 1. The Morgan fingerprint density at radius 2 is 1.51 bits per heavy atom. The van der Waals surface area contributed by atoms with Crippen LogP contribution in [0.25, 0.3) is 10.8 Å². The molecule has 9 nitrogen and oxygen atoms in total. The number of sulfonamides is 1. The summed E-state index contributed by atoms with van der Waals surface area (Å²) < 4.78 is 45.1. The third kappa shape index (κ3) is 6.25. The molecule has 1 atom stereocenters. The number of carbonyl (C=O) groups excluding carboxylic acids is 2. The topological polar surface area (TPSA) is 102 Å². The van der Waals surface area contributed by atoms with Gasteiger partial charge in [0, 0.05) is 22.5 Å². The summed E-state index contributed by atoms with van der Waals surface area (Å²) in [7, 11) is -0.200. The lowest BCUT2D eigenvalue weighted by Gasteiger charge is -2.32. The van der Waals surface area contributed by atoms with Crippen molar-refractivity contribution >= 4 is 44.1 Å². The lowest BCUT2D eigenvalue weighted by molar-refractivity contribution is -0.141. The van der Waals surface area contributed by atoms with Crippen LogP contribution in [0.4, 0.5) is 11.4 Å². The smallest absolute Gasteiger partial charge is 0.326 e. The highest BCUT2D eigenvalue weighted by molar-refractivity contribution is 7.93. The summed E-state index contributed by atoms with van der Waals surface area (Å²) in [5, 5.41) is 1.27. The molecule has 3 rings (SSSR count). The average Bonchev–Trinajstić information content (AvgIpc) is 2.95. The fraction of sp³-hybridized carbons (Fsp3) is 0.355. The molecular weight excluding hydrogens is 544 g/mol. The number of anilines is 2. The molecule has 0 spiro atoms. The highest BCUT2D eigenvalue weighted by atomic mass is 32.2. The molecule has 0 amide bonds. The number of ether oxygens (including phenoxy) is 3. The Morgan fingerprint density at radius 1 is 0.927 bits per heavy atom. The van der Waals surface area contributed by atoms with Gasteiger partial charge < -0.3 is 19.1 Å². The van der Waals surface area contributed by atoms with Gasteiger partial charge in [-0.1, -0.05) is 30.2 Å². The van der Waals surface area contributed by atoms with Gasteiger partial charge in [-0.3, -0.25) is 13.9 Å². The zero-order valence-electron chi connectivity index (χ0n) is 24.5. The number of hydrogen-bond donors (Lipinski definition) is 0. The van der Waals surface area contributed by atoms with E-state index in [1.807, 2.05) is 24.0 Å². The fourth-order valence-electron chi connectivity index (χ4n) is 4.97. The van der Waals surface area contributed by atoms with Gasteiger partial charge >= 0.3 is 11.9 Å². The molecule has 0 fully saturated rings. The van der Waals surface area contributed by atoms with Crippen LogP contribution >= 0.6 is 0 Å². The Kier molecular flexibility index (Phi) is 9.89. The van der Waals surface area contributed by atoms with Crippen LogP contribution < -0.4 is 13.9 Å². The fourth-order valence-corrected chi connectivity index (χ4v) is 6.89. The third-order valence-corrected chi connectivity index (χ3v) is 9.24. The molecular formula is C31H36N2O7S. The molecule has 0 aromatic heterocycles. The van der Waals surface area contributed by atoms with Crippen molar-refractivity contribution in [3.8, 4) is 18.1 Å². The minimum atomic E-state index is -4.27. The van der Waals surface area contributed by atoms with Gasteiger partial charge in [0.2, 0.25) is 0 Å². The maximum Gasteiger partial charge on any atom is 0.326 e. The molecule has 0 radical (unpaired) electrons. The minimum Gasteiger partial charge on any atom is -0.496 e. The number of rotatable bonds is 11. The summed E-state index contributed by atoms with van der Waals surface area (Å²) in [6.45, 7) is 6.73. The highest BCUT2D eigenvalue weighted by Crippen LogP contribution is 2.39. The first kappa shape index (κ1) is 31.3. The summed E-state index contributed by atoms with van der Waals surface area (Å²) >= 11 is 0. The normalized spacial score (nSPS) is 11.9. The first-order chi connectivity index (χ1) is 19.4. The lowest BCUT2D eigenvalue weighted by atomic mass is 10.0. The number of esters is 2. The molecule has 0 unspecified atom stereocenters. The van der Waals surface area contributed by atoms with Crippen LogP contribution in [0.2, 0.25) is 0 Å². The molecule has 0 aliphatic carbocycles. The second-order valence-corrected chi connectivity index (χ2v) is 11.5. The largest absolute Gasteiger partial charge is 0.496 e. The van der Waals surface area contributed by atoms with E-state index in [2.05, 4.69) is 5.92 Å². The Balaban J connectivity index is 2.30. The maximum atomic E-state index is 14.4. The van der Waals surface area contributed by atoms with Crippen LogP contribution in [0.1, 0.15) is 30.0 Å². The van der Waals surface area contributed by atoms with Gasteiger partial charge in [0.25, 0.3) is 10.0 Å². The highest BCUT2D eigenvalue weighted by Gasteiger charge is 2.33. The number of methoxy groups -OCH3 is 3. The Morgan fingerprint density at radius 3 is 2.07 bits per heavy atom.